The molecule has 0 spiro atoms. The van der Waals surface area contributed by atoms with Gasteiger partial charge in [-0.2, -0.15) is 0 Å². The number of nitrogens with one attached hydrogen (secondary N) is 1. The van der Waals surface area contributed by atoms with Crippen LogP contribution >= 0.6 is 0 Å². The maximum atomic E-state index is 9.48. The summed E-state index contributed by atoms with van der Waals surface area (Å²) in [5.41, 5.74) is 1.33. The molecule has 1 unspecified atom stereocenters. The maximum absolute atomic E-state index is 9.48. The zero-order chi connectivity index (χ0) is 16.7. The van der Waals surface area contributed by atoms with Gasteiger partial charge in [-0.25, -0.2) is 4.98 Å². The van der Waals surface area contributed by atoms with Gasteiger partial charge < -0.3 is 15.2 Å². The van der Waals surface area contributed by atoms with Crippen LogP contribution < -0.4 is 10.1 Å². The average molecular weight is 315 g/mol. The number of rotatable bonds is 7. The SMILES string of the molecule is CC(C)(C)CC(CO)NCc1ccc(Oc2cnccn2)cc1. The first-order chi connectivity index (χ1) is 11.0. The van der Waals surface area contributed by atoms with Crippen molar-refractivity contribution in [1.82, 2.24) is 15.3 Å². The predicted octanol–water partition coefficient (Wildman–Crippen LogP) is 3.16. The number of aromatic nitrogens is 2. The lowest BCUT2D eigenvalue weighted by atomic mass is 9.88. The molecule has 0 aliphatic heterocycles. The van der Waals surface area contributed by atoms with Crippen molar-refractivity contribution < 1.29 is 9.84 Å². The van der Waals surface area contributed by atoms with Gasteiger partial charge in [0.05, 0.1) is 12.8 Å². The van der Waals surface area contributed by atoms with E-state index in [0.29, 0.717) is 12.4 Å². The van der Waals surface area contributed by atoms with Crippen molar-refractivity contribution in [3.63, 3.8) is 0 Å². The van der Waals surface area contributed by atoms with E-state index in [2.05, 4.69) is 36.1 Å². The molecule has 0 radical (unpaired) electrons. The summed E-state index contributed by atoms with van der Waals surface area (Å²) < 4.78 is 5.61. The first-order valence-corrected chi connectivity index (χ1v) is 7.83. The van der Waals surface area contributed by atoms with E-state index in [-0.39, 0.29) is 18.1 Å². The Balaban J connectivity index is 1.87. The molecule has 1 aromatic heterocycles. The summed E-state index contributed by atoms with van der Waals surface area (Å²) in [5.74, 6) is 1.20. The number of hydrogen-bond donors (Lipinski definition) is 2. The Kier molecular flexibility index (Phi) is 6.07. The van der Waals surface area contributed by atoms with Gasteiger partial charge in [0.1, 0.15) is 5.75 Å². The van der Waals surface area contributed by atoms with Crippen molar-refractivity contribution in [1.29, 1.82) is 0 Å². The lowest BCUT2D eigenvalue weighted by Crippen LogP contribution is -2.35. The molecule has 2 aromatic rings. The van der Waals surface area contributed by atoms with Crippen LogP contribution in [0.2, 0.25) is 0 Å². The molecule has 23 heavy (non-hydrogen) atoms. The average Bonchev–Trinajstić information content (AvgIpc) is 2.53. The quantitative estimate of drug-likeness (QED) is 0.821. The molecular formula is C18H25N3O2. The second-order valence-corrected chi connectivity index (χ2v) is 6.81. The van der Waals surface area contributed by atoms with Crippen molar-refractivity contribution in [2.75, 3.05) is 6.61 Å². The maximum Gasteiger partial charge on any atom is 0.237 e. The molecule has 2 N–H and O–H groups in total. The fourth-order valence-electron chi connectivity index (χ4n) is 2.34. The van der Waals surface area contributed by atoms with E-state index in [4.69, 9.17) is 4.74 Å². The van der Waals surface area contributed by atoms with Crippen LogP contribution in [0.1, 0.15) is 32.8 Å². The molecule has 0 saturated carbocycles. The standard InChI is InChI=1S/C18H25N3O2/c1-18(2,3)10-15(13-22)21-11-14-4-6-16(7-5-14)23-17-12-19-8-9-20-17/h4-9,12,15,21-22H,10-11,13H2,1-3H3. The Morgan fingerprint density at radius 3 is 2.48 bits per heavy atom. The van der Waals surface area contributed by atoms with Crippen molar-refractivity contribution in [2.45, 2.75) is 39.8 Å². The number of aliphatic hydroxyl groups is 1. The lowest BCUT2D eigenvalue weighted by Gasteiger charge is -2.25. The van der Waals surface area contributed by atoms with Gasteiger partial charge >= 0.3 is 0 Å². The molecule has 1 heterocycles. The minimum Gasteiger partial charge on any atom is -0.438 e. The molecule has 0 fully saturated rings. The highest BCUT2D eigenvalue weighted by Gasteiger charge is 2.17. The summed E-state index contributed by atoms with van der Waals surface area (Å²) in [6.45, 7) is 7.39. The number of hydrogen-bond acceptors (Lipinski definition) is 5. The topological polar surface area (TPSA) is 67.3 Å². The highest BCUT2D eigenvalue weighted by atomic mass is 16.5. The van der Waals surface area contributed by atoms with Gasteiger partial charge in [-0.3, -0.25) is 4.98 Å². The van der Waals surface area contributed by atoms with Crippen LogP contribution in [0.25, 0.3) is 0 Å². The van der Waals surface area contributed by atoms with Crippen molar-refractivity contribution in [3.8, 4) is 11.6 Å². The van der Waals surface area contributed by atoms with Crippen LogP contribution in [0.3, 0.4) is 0 Å². The van der Waals surface area contributed by atoms with Crippen LogP contribution in [-0.2, 0) is 6.54 Å². The minimum absolute atomic E-state index is 0.102. The van der Waals surface area contributed by atoms with Gasteiger partial charge in [0.2, 0.25) is 5.88 Å². The summed E-state index contributed by atoms with van der Waals surface area (Å²) in [4.78, 5) is 8.04. The Morgan fingerprint density at radius 2 is 1.91 bits per heavy atom. The van der Waals surface area contributed by atoms with Gasteiger partial charge in [-0.1, -0.05) is 32.9 Å². The van der Waals surface area contributed by atoms with Crippen LogP contribution in [0.15, 0.2) is 42.9 Å². The van der Waals surface area contributed by atoms with Crippen LogP contribution in [0.5, 0.6) is 11.6 Å². The molecule has 5 heteroatoms. The van der Waals surface area contributed by atoms with Gasteiger partial charge in [-0.15, -0.1) is 0 Å². The summed E-state index contributed by atoms with van der Waals surface area (Å²) in [5, 5.41) is 12.9. The molecule has 0 saturated heterocycles. The van der Waals surface area contributed by atoms with E-state index in [9.17, 15) is 5.11 Å². The third kappa shape index (κ3) is 6.34. The van der Waals surface area contributed by atoms with Crippen LogP contribution in [0, 0.1) is 5.41 Å². The summed E-state index contributed by atoms with van der Waals surface area (Å²) in [6.07, 6.45) is 5.71. The van der Waals surface area contributed by atoms with E-state index >= 15 is 0 Å². The Bertz CT molecular complexity index is 579. The predicted molar refractivity (Wildman–Crippen MR) is 90.3 cm³/mol. The van der Waals surface area contributed by atoms with E-state index < -0.39 is 0 Å². The normalized spacial score (nSPS) is 12.9. The minimum atomic E-state index is 0.102. The van der Waals surface area contributed by atoms with Crippen molar-refractivity contribution >= 4 is 0 Å². The highest BCUT2D eigenvalue weighted by molar-refractivity contribution is 5.29. The molecule has 5 nitrogen and oxygen atoms in total. The molecule has 0 amide bonds. The van der Waals surface area contributed by atoms with E-state index in [1.807, 2.05) is 24.3 Å². The Hall–Kier alpha value is -1.98. The third-order valence-electron chi connectivity index (χ3n) is 3.36. The molecule has 1 aromatic carbocycles. The molecular weight excluding hydrogens is 290 g/mol. The zero-order valence-electron chi connectivity index (χ0n) is 14.0. The second kappa shape index (κ2) is 8.04. The highest BCUT2D eigenvalue weighted by Crippen LogP contribution is 2.21. The van der Waals surface area contributed by atoms with Crippen LogP contribution in [-0.4, -0.2) is 27.7 Å². The smallest absolute Gasteiger partial charge is 0.237 e. The second-order valence-electron chi connectivity index (χ2n) is 6.81. The molecule has 0 aliphatic rings. The summed E-state index contributed by atoms with van der Waals surface area (Å²) in [7, 11) is 0. The monoisotopic (exact) mass is 315 g/mol. The largest absolute Gasteiger partial charge is 0.438 e. The molecule has 124 valence electrons. The van der Waals surface area contributed by atoms with E-state index in [1.165, 1.54) is 0 Å². The Labute approximate surface area is 137 Å². The number of ether oxygens (including phenoxy) is 1. The molecule has 1 atom stereocenters. The van der Waals surface area contributed by atoms with Crippen LogP contribution in [0.4, 0.5) is 0 Å². The lowest BCUT2D eigenvalue weighted by molar-refractivity contribution is 0.198. The van der Waals surface area contributed by atoms with Crippen molar-refractivity contribution in [3.05, 3.63) is 48.4 Å². The number of nitrogens with zero attached hydrogens (tertiary/aromatic N) is 2. The van der Waals surface area contributed by atoms with Crippen molar-refractivity contribution in [2.24, 2.45) is 5.41 Å². The Morgan fingerprint density at radius 1 is 1.17 bits per heavy atom. The van der Waals surface area contributed by atoms with E-state index in [1.54, 1.807) is 18.6 Å². The number of benzene rings is 1. The fourth-order valence-corrected chi connectivity index (χ4v) is 2.34. The molecule has 2 rings (SSSR count). The number of aliphatic hydroxyl groups excluding tert-OH is 1. The zero-order valence-corrected chi connectivity index (χ0v) is 14.0. The summed E-state index contributed by atoms with van der Waals surface area (Å²) >= 11 is 0. The van der Waals surface area contributed by atoms with E-state index in [0.717, 1.165) is 17.7 Å². The van der Waals surface area contributed by atoms with Gasteiger partial charge in [0.25, 0.3) is 0 Å². The molecule has 0 bridgehead atoms. The molecule has 0 aliphatic carbocycles. The van der Waals surface area contributed by atoms with Gasteiger partial charge in [0.15, 0.2) is 0 Å². The summed E-state index contributed by atoms with van der Waals surface area (Å²) in [6, 6.07) is 7.92. The first kappa shape index (κ1) is 17.4. The van der Waals surface area contributed by atoms with Gasteiger partial charge in [0, 0.05) is 25.0 Å². The fraction of sp³-hybridized carbons (Fsp3) is 0.444. The van der Waals surface area contributed by atoms with Gasteiger partial charge in [-0.05, 0) is 29.5 Å². The first-order valence-electron chi connectivity index (χ1n) is 7.83. The third-order valence-corrected chi connectivity index (χ3v) is 3.36.